The van der Waals surface area contributed by atoms with Crippen LogP contribution in [0.3, 0.4) is 0 Å². The number of rotatable bonds is 3. The fourth-order valence-electron chi connectivity index (χ4n) is 1.96. The Balaban J connectivity index is 2.74. The van der Waals surface area contributed by atoms with Crippen molar-refractivity contribution in [2.24, 2.45) is 0 Å². The normalized spacial score (nSPS) is 32.9. The van der Waals surface area contributed by atoms with E-state index >= 15 is 0 Å². The van der Waals surface area contributed by atoms with E-state index in [-0.39, 0.29) is 18.1 Å². The highest BCUT2D eigenvalue weighted by atomic mass is 16.7. The topological polar surface area (TPSA) is 73.9 Å². The summed E-state index contributed by atoms with van der Waals surface area (Å²) in [5.41, 5.74) is 0. The Bertz CT molecular complexity index is 294. The largest absolute Gasteiger partial charge is 0.458 e. The Morgan fingerprint density at radius 1 is 1.35 bits per heavy atom. The zero-order valence-electron chi connectivity index (χ0n) is 10.6. The summed E-state index contributed by atoms with van der Waals surface area (Å²) in [5, 5.41) is 2.76. The minimum absolute atomic E-state index is 0.170. The van der Waals surface area contributed by atoms with Crippen LogP contribution < -0.4 is 5.32 Å². The highest BCUT2D eigenvalue weighted by molar-refractivity contribution is 5.73. The van der Waals surface area contributed by atoms with Gasteiger partial charge in [0, 0.05) is 27.4 Å². The number of hydrogen-bond acceptors (Lipinski definition) is 5. The Morgan fingerprint density at radius 2 is 2.00 bits per heavy atom. The molecule has 0 aromatic rings. The predicted octanol–water partition coefficient (Wildman–Crippen LogP) is 0.204. The summed E-state index contributed by atoms with van der Waals surface area (Å²) < 4.78 is 15.8. The van der Waals surface area contributed by atoms with Gasteiger partial charge in [-0.15, -0.1) is 0 Å². The Morgan fingerprint density at radius 3 is 2.47 bits per heavy atom. The van der Waals surface area contributed by atoms with Crippen molar-refractivity contribution in [3.63, 3.8) is 0 Å². The maximum absolute atomic E-state index is 11.1. The molecular formula is C11H19NO5. The van der Waals surface area contributed by atoms with Crippen molar-refractivity contribution in [3.05, 3.63) is 0 Å². The first-order chi connectivity index (χ1) is 7.93. The fraction of sp³-hybridized carbons (Fsp3) is 0.818. The van der Waals surface area contributed by atoms with Gasteiger partial charge < -0.3 is 19.5 Å². The summed E-state index contributed by atoms with van der Waals surface area (Å²) in [4.78, 5) is 22.1. The standard InChI is InChI=1S/C11H19NO5/c1-6-11(17-8(3)14)9(12-7(2)13)5-10(15-4)16-6/h6,9-11H,5H2,1-4H3,(H,12,13)/t6-,9+,10-,11+/m0/s1. The second-order valence-corrected chi connectivity index (χ2v) is 4.12. The average Bonchev–Trinajstić information content (AvgIpc) is 2.21. The van der Waals surface area contributed by atoms with Crippen LogP contribution in [0.5, 0.6) is 0 Å². The summed E-state index contributed by atoms with van der Waals surface area (Å²) >= 11 is 0. The van der Waals surface area contributed by atoms with Gasteiger partial charge in [-0.25, -0.2) is 0 Å². The van der Waals surface area contributed by atoms with E-state index in [0.717, 1.165) is 0 Å². The van der Waals surface area contributed by atoms with E-state index in [1.165, 1.54) is 21.0 Å². The molecule has 6 nitrogen and oxygen atoms in total. The van der Waals surface area contributed by atoms with Crippen molar-refractivity contribution in [2.45, 2.75) is 51.7 Å². The number of hydrogen-bond donors (Lipinski definition) is 1. The van der Waals surface area contributed by atoms with Gasteiger partial charge in [-0.1, -0.05) is 0 Å². The van der Waals surface area contributed by atoms with Crippen molar-refractivity contribution in [2.75, 3.05) is 7.11 Å². The summed E-state index contributed by atoms with van der Waals surface area (Å²) in [6.07, 6.45) is -0.746. The van der Waals surface area contributed by atoms with Crippen LogP contribution in [0.1, 0.15) is 27.2 Å². The van der Waals surface area contributed by atoms with E-state index in [0.29, 0.717) is 6.42 Å². The highest BCUT2D eigenvalue weighted by Crippen LogP contribution is 2.23. The molecule has 1 aliphatic rings. The van der Waals surface area contributed by atoms with Crippen molar-refractivity contribution >= 4 is 11.9 Å². The summed E-state index contributed by atoms with van der Waals surface area (Å²) in [5.74, 6) is -0.562. The third kappa shape index (κ3) is 3.98. The molecule has 0 radical (unpaired) electrons. The van der Waals surface area contributed by atoms with Crippen molar-refractivity contribution < 1.29 is 23.8 Å². The second kappa shape index (κ2) is 5.97. The quantitative estimate of drug-likeness (QED) is 0.719. The lowest BCUT2D eigenvalue weighted by atomic mass is 9.99. The van der Waals surface area contributed by atoms with Gasteiger partial charge in [0.05, 0.1) is 12.1 Å². The predicted molar refractivity (Wildman–Crippen MR) is 59.1 cm³/mol. The van der Waals surface area contributed by atoms with E-state index in [1.807, 2.05) is 0 Å². The average molecular weight is 245 g/mol. The van der Waals surface area contributed by atoms with E-state index in [1.54, 1.807) is 6.92 Å². The van der Waals surface area contributed by atoms with Gasteiger partial charge in [0.15, 0.2) is 6.29 Å². The SMILES string of the molecule is CO[C@@H]1C[C@@H](NC(C)=O)[C@H](OC(C)=O)[C@H](C)O1. The zero-order chi connectivity index (χ0) is 13.0. The molecule has 0 aliphatic carbocycles. The van der Waals surface area contributed by atoms with Gasteiger partial charge in [-0.3, -0.25) is 9.59 Å². The smallest absolute Gasteiger partial charge is 0.303 e. The molecule has 1 aliphatic heterocycles. The number of carbonyl (C=O) groups excluding carboxylic acids is 2. The van der Waals surface area contributed by atoms with Gasteiger partial charge in [0.2, 0.25) is 5.91 Å². The third-order valence-electron chi connectivity index (χ3n) is 2.63. The Kier molecular flexibility index (Phi) is 4.89. The first kappa shape index (κ1) is 13.9. The fourth-order valence-corrected chi connectivity index (χ4v) is 1.96. The molecular weight excluding hydrogens is 226 g/mol. The molecule has 1 amide bonds. The number of carbonyl (C=O) groups is 2. The lowest BCUT2D eigenvalue weighted by molar-refractivity contribution is -0.223. The third-order valence-corrected chi connectivity index (χ3v) is 2.63. The van der Waals surface area contributed by atoms with Gasteiger partial charge in [-0.05, 0) is 6.92 Å². The van der Waals surface area contributed by atoms with Crippen LogP contribution in [0.4, 0.5) is 0 Å². The summed E-state index contributed by atoms with van der Waals surface area (Å²) in [6.45, 7) is 4.54. The molecule has 98 valence electrons. The summed E-state index contributed by atoms with van der Waals surface area (Å²) in [7, 11) is 1.54. The second-order valence-electron chi connectivity index (χ2n) is 4.12. The zero-order valence-corrected chi connectivity index (χ0v) is 10.6. The number of ether oxygens (including phenoxy) is 3. The van der Waals surface area contributed by atoms with Crippen molar-refractivity contribution in [1.82, 2.24) is 5.32 Å². The molecule has 1 heterocycles. The molecule has 1 fully saturated rings. The van der Waals surface area contributed by atoms with Crippen molar-refractivity contribution in [3.8, 4) is 0 Å². The van der Waals surface area contributed by atoms with Gasteiger partial charge in [-0.2, -0.15) is 0 Å². The van der Waals surface area contributed by atoms with Crippen LogP contribution in [-0.2, 0) is 23.8 Å². The van der Waals surface area contributed by atoms with Crippen LogP contribution in [-0.4, -0.2) is 43.5 Å². The lowest BCUT2D eigenvalue weighted by Crippen LogP contribution is -2.56. The molecule has 0 unspecified atom stereocenters. The molecule has 0 aromatic heterocycles. The molecule has 6 heteroatoms. The van der Waals surface area contributed by atoms with Crippen molar-refractivity contribution in [1.29, 1.82) is 0 Å². The van der Waals surface area contributed by atoms with E-state index in [4.69, 9.17) is 14.2 Å². The molecule has 0 spiro atoms. The maximum Gasteiger partial charge on any atom is 0.303 e. The molecule has 17 heavy (non-hydrogen) atoms. The van der Waals surface area contributed by atoms with E-state index in [2.05, 4.69) is 5.32 Å². The van der Waals surface area contributed by atoms with Gasteiger partial charge in [0.25, 0.3) is 0 Å². The monoisotopic (exact) mass is 245 g/mol. The maximum atomic E-state index is 11.1. The van der Waals surface area contributed by atoms with E-state index in [9.17, 15) is 9.59 Å². The molecule has 0 aromatic carbocycles. The highest BCUT2D eigenvalue weighted by Gasteiger charge is 2.39. The van der Waals surface area contributed by atoms with Gasteiger partial charge >= 0.3 is 5.97 Å². The molecule has 1 N–H and O–H groups in total. The first-order valence-electron chi connectivity index (χ1n) is 5.56. The number of amides is 1. The lowest BCUT2D eigenvalue weighted by Gasteiger charge is -2.39. The first-order valence-corrected chi connectivity index (χ1v) is 5.56. The number of methoxy groups -OCH3 is 1. The van der Waals surface area contributed by atoms with Crippen LogP contribution in [0.15, 0.2) is 0 Å². The van der Waals surface area contributed by atoms with Crippen LogP contribution in [0, 0.1) is 0 Å². The number of esters is 1. The van der Waals surface area contributed by atoms with E-state index < -0.39 is 18.4 Å². The Labute approximate surface area is 101 Å². The Hall–Kier alpha value is -1.14. The number of nitrogens with one attached hydrogen (secondary N) is 1. The van der Waals surface area contributed by atoms with Crippen LogP contribution in [0.25, 0.3) is 0 Å². The molecule has 4 atom stereocenters. The minimum atomic E-state index is -0.484. The molecule has 1 rings (SSSR count). The molecule has 1 saturated heterocycles. The summed E-state index contributed by atoms with van der Waals surface area (Å²) in [6, 6.07) is -0.287. The van der Waals surface area contributed by atoms with Crippen LogP contribution >= 0.6 is 0 Å². The minimum Gasteiger partial charge on any atom is -0.458 e. The van der Waals surface area contributed by atoms with Crippen LogP contribution in [0.2, 0.25) is 0 Å². The van der Waals surface area contributed by atoms with Gasteiger partial charge in [0.1, 0.15) is 6.10 Å². The molecule has 0 bridgehead atoms. The molecule has 0 saturated carbocycles.